The summed E-state index contributed by atoms with van der Waals surface area (Å²) < 4.78 is 6.07. The number of benzene rings is 1. The molecule has 0 saturated carbocycles. The maximum Gasteiger partial charge on any atom is 0.238 e. The quantitative estimate of drug-likeness (QED) is 0.713. The minimum atomic E-state index is 0.0846. The molecule has 1 heterocycles. The molecule has 2 rings (SSSR count). The van der Waals surface area contributed by atoms with Gasteiger partial charge in [0.2, 0.25) is 11.2 Å². The molecule has 88 valence electrons. The minimum Gasteiger partial charge on any atom is -0.436 e. The Hall–Kier alpha value is -0.550. The van der Waals surface area contributed by atoms with Gasteiger partial charge in [-0.15, -0.1) is 0 Å². The summed E-state index contributed by atoms with van der Waals surface area (Å²) in [5, 5.41) is 1.03. The van der Waals surface area contributed by atoms with Gasteiger partial charge in [-0.1, -0.05) is 23.2 Å². The second-order valence-electron chi connectivity index (χ2n) is 2.97. The summed E-state index contributed by atoms with van der Waals surface area (Å²) in [5.41, 5.74) is 0. The van der Waals surface area contributed by atoms with Gasteiger partial charge in [0.05, 0.1) is 9.50 Å². The molecule has 0 spiro atoms. The summed E-state index contributed by atoms with van der Waals surface area (Å²) in [6, 6.07) is 4.89. The highest BCUT2D eigenvalue weighted by Crippen LogP contribution is 2.34. The van der Waals surface area contributed by atoms with Crippen molar-refractivity contribution in [2.24, 2.45) is 0 Å². The Morgan fingerprint density at radius 1 is 1.18 bits per heavy atom. The first-order chi connectivity index (χ1) is 8.06. The van der Waals surface area contributed by atoms with E-state index in [0.717, 1.165) is 0 Å². The van der Waals surface area contributed by atoms with Gasteiger partial charge in [-0.3, -0.25) is 0 Å². The number of nitrogens with zero attached hydrogens (tertiary/aromatic N) is 2. The second-order valence-corrected chi connectivity index (χ2v) is 5.00. The van der Waals surface area contributed by atoms with Crippen molar-refractivity contribution in [2.45, 2.75) is 0 Å². The molecule has 3 nitrogen and oxygen atoms in total. The van der Waals surface area contributed by atoms with Gasteiger partial charge >= 0.3 is 0 Å². The van der Waals surface area contributed by atoms with Crippen molar-refractivity contribution < 1.29 is 4.74 Å². The van der Waals surface area contributed by atoms with E-state index in [1.807, 2.05) is 0 Å². The van der Waals surface area contributed by atoms with E-state index in [1.165, 1.54) is 6.20 Å². The molecule has 0 aliphatic carbocycles. The molecule has 0 fully saturated rings. The van der Waals surface area contributed by atoms with Gasteiger partial charge in [-0.25, -0.2) is 4.98 Å². The van der Waals surface area contributed by atoms with Gasteiger partial charge in [-0.2, -0.15) is 4.98 Å². The van der Waals surface area contributed by atoms with E-state index in [0.29, 0.717) is 20.3 Å². The minimum absolute atomic E-state index is 0.0846. The van der Waals surface area contributed by atoms with Crippen LogP contribution in [0.3, 0.4) is 0 Å². The molecule has 0 aliphatic heterocycles. The predicted octanol–water partition coefficient (Wildman–Crippen LogP) is 4.99. The fourth-order valence-electron chi connectivity index (χ4n) is 1.06. The zero-order valence-corrected chi connectivity index (χ0v) is 12.0. The molecule has 0 aliphatic rings. The zero-order chi connectivity index (χ0) is 12.4. The lowest BCUT2D eigenvalue weighted by molar-refractivity contribution is 0.458. The molecule has 1 aromatic heterocycles. The van der Waals surface area contributed by atoms with Gasteiger partial charge in [0.1, 0.15) is 5.75 Å². The van der Waals surface area contributed by atoms with Crippen LogP contribution in [0.1, 0.15) is 0 Å². The Labute approximate surface area is 121 Å². The Bertz CT molecular complexity index is 516. The smallest absolute Gasteiger partial charge is 0.238 e. The molecule has 0 atom stereocenters. The van der Waals surface area contributed by atoms with Crippen molar-refractivity contribution in [1.82, 2.24) is 9.97 Å². The number of ether oxygens (including phenoxy) is 1. The van der Waals surface area contributed by atoms with Crippen LogP contribution in [0.25, 0.3) is 0 Å². The normalized spacial score (nSPS) is 10.4. The first-order valence-corrected chi connectivity index (χ1v) is 6.30. The van der Waals surface area contributed by atoms with Crippen LogP contribution in [0, 0.1) is 0 Å². The SMILES string of the molecule is Clc1ccc(Cl)c(Oc2nc(Cl)ncc2Br)c1. The topological polar surface area (TPSA) is 35.0 Å². The molecule has 0 N–H and O–H groups in total. The lowest BCUT2D eigenvalue weighted by atomic mass is 10.3. The van der Waals surface area contributed by atoms with E-state index in [1.54, 1.807) is 18.2 Å². The number of rotatable bonds is 2. The average Bonchev–Trinajstić information content (AvgIpc) is 2.28. The first-order valence-electron chi connectivity index (χ1n) is 4.37. The number of hydrogen-bond donors (Lipinski definition) is 0. The van der Waals surface area contributed by atoms with Gasteiger partial charge in [0.25, 0.3) is 0 Å². The summed E-state index contributed by atoms with van der Waals surface area (Å²) in [4.78, 5) is 7.71. The van der Waals surface area contributed by atoms with Crippen LogP contribution in [-0.2, 0) is 0 Å². The molecule has 0 saturated heterocycles. The molecule has 0 radical (unpaired) electrons. The van der Waals surface area contributed by atoms with Gasteiger partial charge < -0.3 is 4.74 Å². The number of halogens is 4. The van der Waals surface area contributed by atoms with Gasteiger partial charge in [-0.05, 0) is 39.7 Å². The molecule has 7 heteroatoms. The lowest BCUT2D eigenvalue weighted by Gasteiger charge is -2.08. The summed E-state index contributed by atoms with van der Waals surface area (Å²) >= 11 is 20.7. The molecule has 17 heavy (non-hydrogen) atoms. The van der Waals surface area contributed by atoms with E-state index < -0.39 is 0 Å². The van der Waals surface area contributed by atoms with Crippen LogP contribution in [0.15, 0.2) is 28.9 Å². The van der Waals surface area contributed by atoms with Crippen molar-refractivity contribution in [3.63, 3.8) is 0 Å². The molecule has 2 aromatic rings. The van der Waals surface area contributed by atoms with Crippen molar-refractivity contribution in [2.75, 3.05) is 0 Å². The highest BCUT2D eigenvalue weighted by molar-refractivity contribution is 9.10. The maximum atomic E-state index is 5.96. The highest BCUT2D eigenvalue weighted by atomic mass is 79.9. The van der Waals surface area contributed by atoms with E-state index in [2.05, 4.69) is 25.9 Å². The molecule has 0 unspecified atom stereocenters. The summed E-state index contributed by atoms with van der Waals surface area (Å²) in [6.45, 7) is 0. The Balaban J connectivity index is 2.37. The third-order valence-corrected chi connectivity index (χ3v) is 3.06. The second kappa shape index (κ2) is 5.40. The van der Waals surface area contributed by atoms with E-state index in [4.69, 9.17) is 39.5 Å². The lowest BCUT2D eigenvalue weighted by Crippen LogP contribution is -1.92. The third kappa shape index (κ3) is 3.22. The largest absolute Gasteiger partial charge is 0.436 e. The average molecular weight is 354 g/mol. The highest BCUT2D eigenvalue weighted by Gasteiger charge is 2.09. The van der Waals surface area contributed by atoms with Crippen molar-refractivity contribution in [3.05, 3.63) is 44.2 Å². The van der Waals surface area contributed by atoms with Crippen LogP contribution >= 0.6 is 50.7 Å². The van der Waals surface area contributed by atoms with Crippen molar-refractivity contribution >= 4 is 50.7 Å². The van der Waals surface area contributed by atoms with Crippen molar-refractivity contribution in [3.8, 4) is 11.6 Å². The van der Waals surface area contributed by atoms with Crippen molar-refractivity contribution in [1.29, 1.82) is 0 Å². The van der Waals surface area contributed by atoms with Crippen LogP contribution in [-0.4, -0.2) is 9.97 Å². The number of hydrogen-bond acceptors (Lipinski definition) is 3. The van der Waals surface area contributed by atoms with Crippen LogP contribution < -0.4 is 4.74 Å². The van der Waals surface area contributed by atoms with E-state index in [-0.39, 0.29) is 11.2 Å². The number of aromatic nitrogens is 2. The van der Waals surface area contributed by atoms with Crippen LogP contribution in [0.2, 0.25) is 15.3 Å². The summed E-state index contributed by atoms with van der Waals surface area (Å²) in [7, 11) is 0. The molecule has 0 amide bonds. The van der Waals surface area contributed by atoms with Gasteiger partial charge in [0, 0.05) is 17.3 Å². The summed E-state index contributed by atoms with van der Waals surface area (Å²) in [5.74, 6) is 0.670. The Morgan fingerprint density at radius 2 is 1.94 bits per heavy atom. The molecule has 0 bridgehead atoms. The molecule has 1 aromatic carbocycles. The molecular formula is C10H4BrCl3N2O. The first kappa shape index (κ1) is 12.9. The van der Waals surface area contributed by atoms with E-state index in [9.17, 15) is 0 Å². The fraction of sp³-hybridized carbons (Fsp3) is 0. The fourth-order valence-corrected chi connectivity index (χ4v) is 1.78. The standard InChI is InChI=1S/C10H4BrCl3N2O/c11-6-4-15-10(14)16-9(6)17-8-3-5(12)1-2-7(8)13/h1-4H. The Morgan fingerprint density at radius 3 is 2.71 bits per heavy atom. The Kier molecular flexibility index (Phi) is 4.09. The van der Waals surface area contributed by atoms with Crippen LogP contribution in [0.4, 0.5) is 0 Å². The monoisotopic (exact) mass is 352 g/mol. The molecular weight excluding hydrogens is 350 g/mol. The summed E-state index contributed by atoms with van der Waals surface area (Å²) in [6.07, 6.45) is 1.49. The predicted molar refractivity (Wildman–Crippen MR) is 71.3 cm³/mol. The third-order valence-electron chi connectivity index (χ3n) is 1.78. The van der Waals surface area contributed by atoms with E-state index >= 15 is 0 Å². The van der Waals surface area contributed by atoms with Gasteiger partial charge in [0.15, 0.2) is 0 Å². The maximum absolute atomic E-state index is 5.96. The zero-order valence-electron chi connectivity index (χ0n) is 8.12. The van der Waals surface area contributed by atoms with Crippen LogP contribution in [0.5, 0.6) is 11.6 Å².